The van der Waals surface area contributed by atoms with Crippen LogP contribution in [0.3, 0.4) is 0 Å². The third kappa shape index (κ3) is 3.40. The van der Waals surface area contributed by atoms with Crippen molar-refractivity contribution in [2.24, 2.45) is 5.73 Å². The molecule has 0 saturated carbocycles. The van der Waals surface area contributed by atoms with Gasteiger partial charge in [0.2, 0.25) is 0 Å². The molecule has 2 N–H and O–H groups in total. The molecule has 0 aliphatic carbocycles. The van der Waals surface area contributed by atoms with Crippen LogP contribution in [0.25, 0.3) is 0 Å². The van der Waals surface area contributed by atoms with E-state index in [1.165, 1.54) is 4.90 Å². The quantitative estimate of drug-likeness (QED) is 0.864. The third-order valence-corrected chi connectivity index (χ3v) is 4.05. The Hall–Kier alpha value is -0.650. The maximum Gasteiger partial charge on any atom is 0.254 e. The predicted molar refractivity (Wildman–Crippen MR) is 77.5 cm³/mol. The van der Waals surface area contributed by atoms with Crippen molar-refractivity contribution in [3.63, 3.8) is 0 Å². The lowest BCUT2D eigenvalue weighted by atomic mass is 10.2. The van der Waals surface area contributed by atoms with E-state index in [0.717, 1.165) is 4.47 Å². The number of hydrogen-bond donors (Lipinski definition) is 1. The van der Waals surface area contributed by atoms with Crippen LogP contribution in [0.1, 0.15) is 17.3 Å². The first kappa shape index (κ1) is 14.4. The van der Waals surface area contributed by atoms with E-state index in [-0.39, 0.29) is 16.9 Å². The summed E-state index contributed by atoms with van der Waals surface area (Å²) in [6.45, 7) is 1.78. The summed E-state index contributed by atoms with van der Waals surface area (Å²) in [5, 5.41) is 0.493. The Morgan fingerprint density at radius 2 is 2.18 bits per heavy atom. The fraction of sp³-hybridized carbons (Fsp3) is 0.273. The van der Waals surface area contributed by atoms with Crippen molar-refractivity contribution in [2.45, 2.75) is 13.0 Å². The van der Waals surface area contributed by atoms with Gasteiger partial charge in [-0.15, -0.1) is 0 Å². The van der Waals surface area contributed by atoms with Crippen molar-refractivity contribution in [1.82, 2.24) is 4.90 Å². The highest BCUT2D eigenvalue weighted by molar-refractivity contribution is 9.10. The van der Waals surface area contributed by atoms with Crippen molar-refractivity contribution >= 4 is 50.6 Å². The SMILES string of the molecule is CC(C(N)=S)N(C)C(=O)c1ccc(Br)c(Cl)c1. The number of thiocarbonyl (C=S) groups is 1. The molecule has 0 heterocycles. The Kier molecular flexibility index (Phi) is 4.91. The zero-order valence-corrected chi connectivity index (χ0v) is 12.6. The number of rotatable bonds is 3. The first-order valence-electron chi connectivity index (χ1n) is 4.86. The molecule has 1 aromatic carbocycles. The summed E-state index contributed by atoms with van der Waals surface area (Å²) < 4.78 is 0.751. The van der Waals surface area contributed by atoms with E-state index in [1.807, 2.05) is 0 Å². The van der Waals surface area contributed by atoms with Gasteiger partial charge in [-0.3, -0.25) is 4.79 Å². The van der Waals surface area contributed by atoms with E-state index in [9.17, 15) is 4.79 Å². The molecule has 17 heavy (non-hydrogen) atoms. The molecule has 92 valence electrons. The zero-order chi connectivity index (χ0) is 13.2. The Morgan fingerprint density at radius 3 is 2.65 bits per heavy atom. The van der Waals surface area contributed by atoms with Gasteiger partial charge in [0.25, 0.3) is 5.91 Å². The number of benzene rings is 1. The predicted octanol–water partition coefficient (Wildman–Crippen LogP) is 2.85. The first-order valence-corrected chi connectivity index (χ1v) is 6.44. The normalized spacial score (nSPS) is 12.0. The van der Waals surface area contributed by atoms with Crippen molar-refractivity contribution in [3.8, 4) is 0 Å². The molecule has 3 nitrogen and oxygen atoms in total. The summed E-state index contributed by atoms with van der Waals surface area (Å²) in [5.41, 5.74) is 6.01. The van der Waals surface area contributed by atoms with Gasteiger partial charge in [0.1, 0.15) is 0 Å². The lowest BCUT2D eigenvalue weighted by Gasteiger charge is -2.24. The molecule has 0 aromatic heterocycles. The Bertz CT molecular complexity index is 467. The molecular weight excluding hydrogens is 324 g/mol. The van der Waals surface area contributed by atoms with Gasteiger partial charge in [0.15, 0.2) is 0 Å². The minimum absolute atomic E-state index is 0.167. The monoisotopic (exact) mass is 334 g/mol. The molecule has 0 aliphatic rings. The van der Waals surface area contributed by atoms with Crippen LogP contribution in [0.15, 0.2) is 22.7 Å². The van der Waals surface area contributed by atoms with Crippen LogP contribution in [0, 0.1) is 0 Å². The van der Waals surface area contributed by atoms with Gasteiger partial charge in [-0.05, 0) is 41.1 Å². The van der Waals surface area contributed by atoms with Gasteiger partial charge < -0.3 is 10.6 Å². The lowest BCUT2D eigenvalue weighted by Crippen LogP contribution is -2.42. The molecule has 1 rings (SSSR count). The van der Waals surface area contributed by atoms with Gasteiger partial charge in [0, 0.05) is 17.1 Å². The van der Waals surface area contributed by atoms with E-state index in [0.29, 0.717) is 10.6 Å². The Balaban J connectivity index is 2.96. The van der Waals surface area contributed by atoms with Crippen LogP contribution in [-0.2, 0) is 0 Å². The average molecular weight is 336 g/mol. The number of likely N-dealkylation sites (N-methyl/N-ethyl adjacent to an activating group) is 1. The second-order valence-electron chi connectivity index (χ2n) is 3.62. The summed E-state index contributed by atoms with van der Waals surface area (Å²) in [6.07, 6.45) is 0. The van der Waals surface area contributed by atoms with E-state index >= 15 is 0 Å². The summed E-state index contributed by atoms with van der Waals surface area (Å²) in [6, 6.07) is 4.74. The van der Waals surface area contributed by atoms with Crippen LogP contribution >= 0.6 is 39.7 Å². The second-order valence-corrected chi connectivity index (χ2v) is 5.36. The van der Waals surface area contributed by atoms with E-state index in [1.54, 1.807) is 32.2 Å². The first-order chi connectivity index (χ1) is 7.84. The lowest BCUT2D eigenvalue weighted by molar-refractivity contribution is 0.0779. The fourth-order valence-corrected chi connectivity index (χ4v) is 1.78. The number of nitrogens with zero attached hydrogens (tertiary/aromatic N) is 1. The molecule has 0 aliphatic heterocycles. The minimum atomic E-state index is -0.292. The maximum atomic E-state index is 12.1. The number of halogens is 2. The summed E-state index contributed by atoms with van der Waals surface area (Å²) in [5.74, 6) is -0.167. The molecule has 0 radical (unpaired) electrons. The van der Waals surface area contributed by atoms with Crippen molar-refractivity contribution in [1.29, 1.82) is 0 Å². The topological polar surface area (TPSA) is 46.3 Å². The molecule has 0 spiro atoms. The summed E-state index contributed by atoms with van der Waals surface area (Å²) >= 11 is 14.1. The van der Waals surface area contributed by atoms with Crippen LogP contribution in [0.2, 0.25) is 5.02 Å². The molecular formula is C11H12BrClN2OS. The standard InChI is InChI=1S/C11H12BrClN2OS/c1-6(10(14)17)15(2)11(16)7-3-4-8(12)9(13)5-7/h3-6H,1-2H3,(H2,14,17). The highest BCUT2D eigenvalue weighted by Gasteiger charge is 2.19. The molecule has 1 atom stereocenters. The molecule has 1 unspecified atom stereocenters. The van der Waals surface area contributed by atoms with Crippen molar-refractivity contribution in [3.05, 3.63) is 33.3 Å². The minimum Gasteiger partial charge on any atom is -0.392 e. The summed E-state index contributed by atoms with van der Waals surface area (Å²) in [7, 11) is 1.65. The number of carbonyl (C=O) groups is 1. The molecule has 0 fully saturated rings. The number of amides is 1. The molecule has 0 bridgehead atoms. The zero-order valence-electron chi connectivity index (χ0n) is 9.41. The van der Waals surface area contributed by atoms with Crippen LogP contribution in [0.4, 0.5) is 0 Å². The highest BCUT2D eigenvalue weighted by Crippen LogP contribution is 2.23. The van der Waals surface area contributed by atoms with Crippen molar-refractivity contribution in [2.75, 3.05) is 7.05 Å². The second kappa shape index (κ2) is 5.80. The van der Waals surface area contributed by atoms with Gasteiger partial charge in [-0.25, -0.2) is 0 Å². The van der Waals surface area contributed by atoms with Gasteiger partial charge in [0.05, 0.1) is 16.1 Å². The van der Waals surface area contributed by atoms with E-state index in [2.05, 4.69) is 15.9 Å². The molecule has 0 saturated heterocycles. The van der Waals surface area contributed by atoms with Gasteiger partial charge in [-0.1, -0.05) is 23.8 Å². The summed E-state index contributed by atoms with van der Waals surface area (Å²) in [4.78, 5) is 13.9. The number of hydrogen-bond acceptors (Lipinski definition) is 2. The van der Waals surface area contributed by atoms with Crippen LogP contribution in [0.5, 0.6) is 0 Å². The molecule has 1 aromatic rings. The van der Waals surface area contributed by atoms with E-state index in [4.69, 9.17) is 29.6 Å². The Morgan fingerprint density at radius 1 is 1.59 bits per heavy atom. The molecule has 6 heteroatoms. The number of nitrogens with two attached hydrogens (primary N) is 1. The van der Waals surface area contributed by atoms with Gasteiger partial charge in [-0.2, -0.15) is 0 Å². The number of carbonyl (C=O) groups excluding carboxylic acids is 1. The molecule has 1 amide bonds. The maximum absolute atomic E-state index is 12.1. The van der Waals surface area contributed by atoms with Crippen LogP contribution < -0.4 is 5.73 Å². The Labute approximate surface area is 119 Å². The highest BCUT2D eigenvalue weighted by atomic mass is 79.9. The third-order valence-electron chi connectivity index (χ3n) is 2.48. The smallest absolute Gasteiger partial charge is 0.254 e. The van der Waals surface area contributed by atoms with E-state index < -0.39 is 0 Å². The fourth-order valence-electron chi connectivity index (χ4n) is 1.20. The largest absolute Gasteiger partial charge is 0.392 e. The average Bonchev–Trinajstić information content (AvgIpc) is 2.29. The van der Waals surface area contributed by atoms with Crippen LogP contribution in [-0.4, -0.2) is 28.9 Å². The van der Waals surface area contributed by atoms with Gasteiger partial charge >= 0.3 is 0 Å². The van der Waals surface area contributed by atoms with Crippen molar-refractivity contribution < 1.29 is 4.79 Å².